The van der Waals surface area contributed by atoms with E-state index in [0.29, 0.717) is 22.1 Å². The number of carboxylic acids is 1. The summed E-state index contributed by atoms with van der Waals surface area (Å²) in [6.07, 6.45) is 1.40. The third-order valence-corrected chi connectivity index (χ3v) is 3.33. The molecule has 3 N–H and O–H groups in total. The quantitative estimate of drug-likeness (QED) is 0.505. The second kappa shape index (κ2) is 6.43. The molecule has 0 bridgehead atoms. The third kappa shape index (κ3) is 3.34. The van der Waals surface area contributed by atoms with Gasteiger partial charge in [-0.1, -0.05) is 23.8 Å². The Morgan fingerprint density at radius 2 is 2.14 bits per heavy atom. The number of carbonyl (C=O) groups is 1. The number of thiocarbonyl (C=S) groups is 1. The summed E-state index contributed by atoms with van der Waals surface area (Å²) in [5.41, 5.74) is 6.05. The number of halogens is 1. The molecule has 0 radical (unpaired) electrons. The molecule has 110 valence electrons. The van der Waals surface area contributed by atoms with Crippen molar-refractivity contribution in [3.05, 3.63) is 52.3 Å². The standard InChI is InChI=1S/C15H9ClN2O3S/c16-12-3-1-8(15(19)20)6-11(12)13-4-2-10(21-13)5-9(7-17)14(18)22/h1-6H,(H2,18,22)(H,19,20). The summed E-state index contributed by atoms with van der Waals surface area (Å²) in [5.74, 6) is -0.333. The van der Waals surface area contributed by atoms with Crippen LogP contribution in [0.4, 0.5) is 0 Å². The number of nitrogens with zero attached hydrogens (tertiary/aromatic N) is 1. The van der Waals surface area contributed by atoms with Gasteiger partial charge in [0.1, 0.15) is 22.6 Å². The van der Waals surface area contributed by atoms with Gasteiger partial charge in [0.05, 0.1) is 16.2 Å². The number of aromatic carboxylic acids is 1. The molecule has 0 fully saturated rings. The summed E-state index contributed by atoms with van der Waals surface area (Å²) in [4.78, 5) is 11.0. The molecule has 1 aromatic heterocycles. The van der Waals surface area contributed by atoms with Crippen molar-refractivity contribution in [2.45, 2.75) is 0 Å². The lowest BCUT2D eigenvalue weighted by Gasteiger charge is -2.02. The van der Waals surface area contributed by atoms with Crippen molar-refractivity contribution >= 4 is 40.9 Å². The number of hydrogen-bond donors (Lipinski definition) is 2. The zero-order valence-corrected chi connectivity index (χ0v) is 12.6. The van der Waals surface area contributed by atoms with E-state index < -0.39 is 5.97 Å². The Kier molecular flexibility index (Phi) is 4.61. The molecular weight excluding hydrogens is 324 g/mol. The zero-order chi connectivity index (χ0) is 16.3. The van der Waals surface area contributed by atoms with Crippen LogP contribution in [0.1, 0.15) is 16.1 Å². The molecule has 0 unspecified atom stereocenters. The lowest BCUT2D eigenvalue weighted by Crippen LogP contribution is -2.09. The summed E-state index contributed by atoms with van der Waals surface area (Å²) in [6.45, 7) is 0. The van der Waals surface area contributed by atoms with E-state index in [1.54, 1.807) is 12.1 Å². The van der Waals surface area contributed by atoms with Crippen LogP contribution in [0.2, 0.25) is 5.02 Å². The molecule has 2 rings (SSSR count). The van der Waals surface area contributed by atoms with Gasteiger partial charge in [0.2, 0.25) is 0 Å². The van der Waals surface area contributed by atoms with Crippen LogP contribution in [0.25, 0.3) is 17.4 Å². The second-order valence-corrected chi connectivity index (χ2v) is 5.08. The average Bonchev–Trinajstić information content (AvgIpc) is 2.93. The normalized spacial score (nSPS) is 11.0. The summed E-state index contributed by atoms with van der Waals surface area (Å²) < 4.78 is 5.55. The van der Waals surface area contributed by atoms with Gasteiger partial charge < -0.3 is 15.3 Å². The van der Waals surface area contributed by atoms with Crippen LogP contribution in [0, 0.1) is 11.3 Å². The summed E-state index contributed by atoms with van der Waals surface area (Å²) >= 11 is 10.8. The number of carboxylic acid groups (broad SMARTS) is 1. The van der Waals surface area contributed by atoms with Crippen molar-refractivity contribution in [3.63, 3.8) is 0 Å². The Labute approximate surface area is 136 Å². The molecule has 1 heterocycles. The van der Waals surface area contributed by atoms with Gasteiger partial charge in [-0.05, 0) is 30.3 Å². The topological polar surface area (TPSA) is 100 Å². The first-order valence-electron chi connectivity index (χ1n) is 5.97. The van der Waals surface area contributed by atoms with Crippen LogP contribution in [-0.4, -0.2) is 16.1 Å². The highest BCUT2D eigenvalue weighted by Crippen LogP contribution is 2.31. The van der Waals surface area contributed by atoms with Gasteiger partial charge in [-0.2, -0.15) is 5.26 Å². The molecule has 1 aromatic carbocycles. The van der Waals surface area contributed by atoms with E-state index in [4.69, 9.17) is 44.3 Å². The lowest BCUT2D eigenvalue weighted by atomic mass is 10.1. The molecule has 0 aliphatic heterocycles. The van der Waals surface area contributed by atoms with Gasteiger partial charge in [-0.25, -0.2) is 4.79 Å². The van der Waals surface area contributed by atoms with Crippen molar-refractivity contribution < 1.29 is 14.3 Å². The Bertz CT molecular complexity index is 834. The maximum atomic E-state index is 11.0. The lowest BCUT2D eigenvalue weighted by molar-refractivity contribution is 0.0697. The molecule has 0 amide bonds. The number of nitrogens with two attached hydrogens (primary N) is 1. The Morgan fingerprint density at radius 1 is 1.41 bits per heavy atom. The van der Waals surface area contributed by atoms with Crippen molar-refractivity contribution in [1.29, 1.82) is 5.26 Å². The summed E-state index contributed by atoms with van der Waals surface area (Å²) in [6, 6.07) is 9.38. The highest BCUT2D eigenvalue weighted by molar-refractivity contribution is 7.80. The minimum absolute atomic E-state index is 0.0358. The molecule has 0 aliphatic rings. The molecule has 22 heavy (non-hydrogen) atoms. The van der Waals surface area contributed by atoms with E-state index in [1.807, 2.05) is 6.07 Å². The van der Waals surface area contributed by atoms with Gasteiger partial charge in [-0.15, -0.1) is 0 Å². The molecule has 0 saturated heterocycles. The monoisotopic (exact) mass is 332 g/mol. The minimum atomic E-state index is -1.06. The maximum Gasteiger partial charge on any atom is 0.335 e. The van der Waals surface area contributed by atoms with Crippen molar-refractivity contribution in [2.75, 3.05) is 0 Å². The van der Waals surface area contributed by atoms with Gasteiger partial charge in [0.15, 0.2) is 0 Å². The highest BCUT2D eigenvalue weighted by atomic mass is 35.5. The molecule has 0 atom stereocenters. The third-order valence-electron chi connectivity index (χ3n) is 2.78. The Hall–Kier alpha value is -2.62. The van der Waals surface area contributed by atoms with Crippen molar-refractivity contribution in [2.24, 2.45) is 5.73 Å². The predicted molar refractivity (Wildman–Crippen MR) is 86.5 cm³/mol. The van der Waals surface area contributed by atoms with E-state index in [9.17, 15) is 4.79 Å². The molecule has 0 spiro atoms. The molecular formula is C15H9ClN2O3S. The van der Waals surface area contributed by atoms with Gasteiger partial charge in [0.25, 0.3) is 0 Å². The smallest absolute Gasteiger partial charge is 0.335 e. The average molecular weight is 333 g/mol. The summed E-state index contributed by atoms with van der Waals surface area (Å²) in [7, 11) is 0. The van der Waals surface area contributed by atoms with E-state index >= 15 is 0 Å². The SMILES string of the molecule is N#CC(=Cc1ccc(-c2cc(C(=O)O)ccc2Cl)o1)C(N)=S. The number of hydrogen-bond acceptors (Lipinski definition) is 4. The van der Waals surface area contributed by atoms with Gasteiger partial charge in [-0.3, -0.25) is 0 Å². The van der Waals surface area contributed by atoms with Crippen LogP contribution in [0.3, 0.4) is 0 Å². The number of benzene rings is 1. The fraction of sp³-hybridized carbons (Fsp3) is 0. The first-order valence-corrected chi connectivity index (χ1v) is 6.75. The fourth-order valence-corrected chi connectivity index (χ4v) is 2.04. The van der Waals surface area contributed by atoms with Gasteiger partial charge >= 0.3 is 5.97 Å². The maximum absolute atomic E-state index is 11.0. The zero-order valence-electron chi connectivity index (χ0n) is 11.0. The molecule has 2 aromatic rings. The fourth-order valence-electron chi connectivity index (χ4n) is 1.72. The van der Waals surface area contributed by atoms with Gasteiger partial charge in [0, 0.05) is 11.6 Å². The predicted octanol–water partition coefficient (Wildman–Crippen LogP) is 3.49. The van der Waals surface area contributed by atoms with E-state index in [2.05, 4.69) is 0 Å². The first-order chi connectivity index (χ1) is 10.4. The molecule has 7 heteroatoms. The minimum Gasteiger partial charge on any atom is -0.478 e. The molecule has 0 saturated carbocycles. The van der Waals surface area contributed by atoms with Crippen LogP contribution in [0.5, 0.6) is 0 Å². The van der Waals surface area contributed by atoms with Crippen LogP contribution >= 0.6 is 23.8 Å². The first kappa shape index (κ1) is 15.8. The molecule has 5 nitrogen and oxygen atoms in total. The van der Waals surface area contributed by atoms with E-state index in [1.165, 1.54) is 24.3 Å². The molecule has 0 aliphatic carbocycles. The van der Waals surface area contributed by atoms with Crippen molar-refractivity contribution in [1.82, 2.24) is 0 Å². The number of nitriles is 1. The van der Waals surface area contributed by atoms with Crippen LogP contribution < -0.4 is 5.73 Å². The largest absolute Gasteiger partial charge is 0.478 e. The Morgan fingerprint density at radius 3 is 2.73 bits per heavy atom. The summed E-state index contributed by atoms with van der Waals surface area (Å²) in [5, 5.41) is 18.3. The van der Waals surface area contributed by atoms with E-state index in [-0.39, 0.29) is 16.1 Å². The van der Waals surface area contributed by atoms with Crippen LogP contribution in [0.15, 0.2) is 40.3 Å². The van der Waals surface area contributed by atoms with E-state index in [0.717, 1.165) is 0 Å². The Balaban J connectivity index is 2.45. The van der Waals surface area contributed by atoms with Crippen molar-refractivity contribution in [3.8, 4) is 17.4 Å². The number of rotatable bonds is 4. The van der Waals surface area contributed by atoms with Crippen LogP contribution in [-0.2, 0) is 0 Å². The highest BCUT2D eigenvalue weighted by Gasteiger charge is 2.12. The second-order valence-electron chi connectivity index (χ2n) is 4.24. The number of furan rings is 1.